The van der Waals surface area contributed by atoms with Crippen LogP contribution < -0.4 is 10.9 Å². The van der Waals surface area contributed by atoms with Crippen molar-refractivity contribution in [2.45, 2.75) is 25.9 Å². The molecule has 2 N–H and O–H groups in total. The topological polar surface area (TPSA) is 71.3 Å². The number of aromatic nitrogens is 1. The number of aromatic hydroxyl groups is 1. The first-order valence-electron chi connectivity index (χ1n) is 8.89. The first-order chi connectivity index (χ1) is 13.1. The molecule has 0 fully saturated rings. The Morgan fingerprint density at radius 3 is 2.37 bits per heavy atom. The second kappa shape index (κ2) is 8.85. The summed E-state index contributed by atoms with van der Waals surface area (Å²) in [6, 6.07) is 20.0. The normalized spacial score (nSPS) is 10.5. The molecule has 0 unspecified atom stereocenters. The van der Waals surface area contributed by atoms with Crippen LogP contribution in [0.2, 0.25) is 0 Å². The number of carbonyl (C=O) groups is 1. The molecule has 0 aliphatic heterocycles. The van der Waals surface area contributed by atoms with Gasteiger partial charge in [0.05, 0.1) is 6.54 Å². The number of para-hydroxylation sites is 1. The minimum atomic E-state index is -0.0573. The standard InChI is InChI=1S/C22H22N2O3/c25-20-6-2-1-5-19(20)12-13-21(26)23-15-17-8-10-18(11-9-17)16-24-14-4-3-7-22(24)27/h1-11,14,25H,12-13,15-16H2,(H,23,26). The summed E-state index contributed by atoms with van der Waals surface area (Å²) in [7, 11) is 0. The highest BCUT2D eigenvalue weighted by molar-refractivity contribution is 5.76. The van der Waals surface area contributed by atoms with Crippen molar-refractivity contribution in [1.29, 1.82) is 0 Å². The number of phenols is 1. The van der Waals surface area contributed by atoms with Crippen LogP contribution in [0.5, 0.6) is 5.75 Å². The molecule has 5 nitrogen and oxygen atoms in total. The molecule has 0 saturated carbocycles. The number of hydrogen-bond acceptors (Lipinski definition) is 3. The van der Waals surface area contributed by atoms with Crippen LogP contribution in [0.4, 0.5) is 0 Å². The van der Waals surface area contributed by atoms with Gasteiger partial charge in [0.15, 0.2) is 0 Å². The predicted octanol–water partition coefficient (Wildman–Crippen LogP) is 2.85. The van der Waals surface area contributed by atoms with Crippen LogP contribution in [0.25, 0.3) is 0 Å². The lowest BCUT2D eigenvalue weighted by Gasteiger charge is -2.08. The molecule has 0 radical (unpaired) electrons. The molecular weight excluding hydrogens is 340 g/mol. The summed E-state index contributed by atoms with van der Waals surface area (Å²) in [6.07, 6.45) is 2.59. The summed E-state index contributed by atoms with van der Waals surface area (Å²) in [5, 5.41) is 12.6. The van der Waals surface area contributed by atoms with Gasteiger partial charge >= 0.3 is 0 Å². The van der Waals surface area contributed by atoms with Crippen molar-refractivity contribution in [1.82, 2.24) is 9.88 Å². The number of nitrogens with zero attached hydrogens (tertiary/aromatic N) is 1. The van der Waals surface area contributed by atoms with E-state index in [-0.39, 0.29) is 17.2 Å². The first kappa shape index (κ1) is 18.5. The maximum Gasteiger partial charge on any atom is 0.250 e. The lowest BCUT2D eigenvalue weighted by Crippen LogP contribution is -2.23. The van der Waals surface area contributed by atoms with Gasteiger partial charge in [-0.05, 0) is 35.2 Å². The van der Waals surface area contributed by atoms with Gasteiger partial charge in [-0.25, -0.2) is 0 Å². The van der Waals surface area contributed by atoms with Crippen LogP contribution in [0.15, 0.2) is 77.7 Å². The summed E-state index contributed by atoms with van der Waals surface area (Å²) >= 11 is 0. The Balaban J connectivity index is 1.48. The molecule has 2 aromatic carbocycles. The molecule has 1 heterocycles. The molecule has 138 valence electrons. The smallest absolute Gasteiger partial charge is 0.250 e. The lowest BCUT2D eigenvalue weighted by molar-refractivity contribution is -0.121. The van der Waals surface area contributed by atoms with Gasteiger partial charge in [0.1, 0.15) is 5.75 Å². The molecule has 0 saturated heterocycles. The van der Waals surface area contributed by atoms with Crippen LogP contribution in [-0.4, -0.2) is 15.6 Å². The van der Waals surface area contributed by atoms with Crippen LogP contribution in [0.3, 0.4) is 0 Å². The molecule has 3 aromatic rings. The molecule has 0 atom stereocenters. The van der Waals surface area contributed by atoms with Crippen LogP contribution >= 0.6 is 0 Å². The number of pyridine rings is 1. The molecule has 3 rings (SSSR count). The second-order valence-electron chi connectivity index (χ2n) is 6.39. The van der Waals surface area contributed by atoms with Gasteiger partial charge in [-0.3, -0.25) is 9.59 Å². The third-order valence-electron chi connectivity index (χ3n) is 4.38. The zero-order valence-corrected chi connectivity index (χ0v) is 15.0. The molecule has 5 heteroatoms. The summed E-state index contributed by atoms with van der Waals surface area (Å²) in [5.74, 6) is 0.163. The average molecular weight is 362 g/mol. The Morgan fingerprint density at radius 1 is 0.926 bits per heavy atom. The fourth-order valence-electron chi connectivity index (χ4n) is 2.81. The van der Waals surface area contributed by atoms with E-state index in [2.05, 4.69) is 5.32 Å². The second-order valence-corrected chi connectivity index (χ2v) is 6.39. The zero-order valence-electron chi connectivity index (χ0n) is 15.0. The highest BCUT2D eigenvalue weighted by atomic mass is 16.3. The fourth-order valence-corrected chi connectivity index (χ4v) is 2.81. The van der Waals surface area contributed by atoms with Crippen molar-refractivity contribution in [3.63, 3.8) is 0 Å². The third-order valence-corrected chi connectivity index (χ3v) is 4.38. The van der Waals surface area contributed by atoms with Gasteiger partial charge in [-0.1, -0.05) is 48.5 Å². The minimum Gasteiger partial charge on any atom is -0.508 e. The molecule has 1 aromatic heterocycles. The van der Waals surface area contributed by atoms with Gasteiger partial charge in [0.25, 0.3) is 5.56 Å². The number of benzene rings is 2. The molecule has 0 aliphatic rings. The fraction of sp³-hybridized carbons (Fsp3) is 0.182. The molecule has 27 heavy (non-hydrogen) atoms. The van der Waals surface area contributed by atoms with Crippen molar-refractivity contribution < 1.29 is 9.90 Å². The van der Waals surface area contributed by atoms with E-state index in [0.29, 0.717) is 25.9 Å². The maximum atomic E-state index is 12.0. The molecular formula is C22H22N2O3. The van der Waals surface area contributed by atoms with E-state index < -0.39 is 0 Å². The van der Waals surface area contributed by atoms with Gasteiger partial charge in [-0.15, -0.1) is 0 Å². The van der Waals surface area contributed by atoms with E-state index in [9.17, 15) is 14.7 Å². The quantitative estimate of drug-likeness (QED) is 0.679. The van der Waals surface area contributed by atoms with Crippen molar-refractivity contribution in [2.24, 2.45) is 0 Å². The Labute approximate surface area is 157 Å². The number of amides is 1. The molecule has 0 bridgehead atoms. The van der Waals surface area contributed by atoms with Gasteiger partial charge < -0.3 is 15.0 Å². The lowest BCUT2D eigenvalue weighted by atomic mass is 10.1. The minimum absolute atomic E-state index is 0.0294. The van der Waals surface area contributed by atoms with Crippen molar-refractivity contribution in [2.75, 3.05) is 0 Å². The molecule has 1 amide bonds. The van der Waals surface area contributed by atoms with Crippen molar-refractivity contribution in [3.05, 3.63) is 100.0 Å². The monoisotopic (exact) mass is 362 g/mol. The Morgan fingerprint density at radius 2 is 1.63 bits per heavy atom. The predicted molar refractivity (Wildman–Crippen MR) is 105 cm³/mol. The summed E-state index contributed by atoms with van der Waals surface area (Å²) in [5.41, 5.74) is 2.76. The Hall–Kier alpha value is -3.34. The maximum absolute atomic E-state index is 12.0. The number of phenolic OH excluding ortho intramolecular Hbond substituents is 1. The summed E-state index contributed by atoms with van der Waals surface area (Å²) in [4.78, 5) is 23.8. The van der Waals surface area contributed by atoms with E-state index in [4.69, 9.17) is 0 Å². The van der Waals surface area contributed by atoms with E-state index in [1.165, 1.54) is 0 Å². The van der Waals surface area contributed by atoms with E-state index in [0.717, 1.165) is 16.7 Å². The number of carbonyl (C=O) groups excluding carboxylic acids is 1. The zero-order chi connectivity index (χ0) is 19.1. The van der Waals surface area contributed by atoms with Crippen LogP contribution in [0, 0.1) is 0 Å². The highest BCUT2D eigenvalue weighted by Gasteiger charge is 2.05. The molecule has 0 spiro atoms. The SMILES string of the molecule is O=C(CCc1ccccc1O)NCc1ccc(Cn2ccccc2=O)cc1. The van der Waals surface area contributed by atoms with Crippen LogP contribution in [0.1, 0.15) is 23.1 Å². The van der Waals surface area contributed by atoms with Crippen molar-refractivity contribution in [3.8, 4) is 5.75 Å². The highest BCUT2D eigenvalue weighted by Crippen LogP contribution is 2.17. The van der Waals surface area contributed by atoms with Crippen LogP contribution in [-0.2, 0) is 24.3 Å². The summed E-state index contributed by atoms with van der Waals surface area (Å²) < 4.78 is 1.65. The van der Waals surface area contributed by atoms with E-state index >= 15 is 0 Å². The Bertz CT molecular complexity index is 962. The number of aryl methyl sites for hydroxylation is 1. The molecule has 0 aliphatic carbocycles. The first-order valence-corrected chi connectivity index (χ1v) is 8.89. The average Bonchev–Trinajstić information content (AvgIpc) is 2.68. The largest absolute Gasteiger partial charge is 0.508 e. The van der Waals surface area contributed by atoms with E-state index in [1.54, 1.807) is 35.0 Å². The van der Waals surface area contributed by atoms with E-state index in [1.807, 2.05) is 42.5 Å². The van der Waals surface area contributed by atoms with Gasteiger partial charge in [0, 0.05) is 25.2 Å². The Kier molecular flexibility index (Phi) is 6.05. The number of hydrogen-bond donors (Lipinski definition) is 2. The number of nitrogens with one attached hydrogen (secondary N) is 1. The number of rotatable bonds is 7. The van der Waals surface area contributed by atoms with Gasteiger partial charge in [0.2, 0.25) is 5.91 Å². The van der Waals surface area contributed by atoms with Crippen molar-refractivity contribution >= 4 is 5.91 Å². The summed E-state index contributed by atoms with van der Waals surface area (Å²) in [6.45, 7) is 0.970. The third kappa shape index (κ3) is 5.31. The van der Waals surface area contributed by atoms with Gasteiger partial charge in [-0.2, -0.15) is 0 Å².